The van der Waals surface area contributed by atoms with Crippen LogP contribution in [0, 0.1) is 5.92 Å². The Bertz CT molecular complexity index is 867. The monoisotopic (exact) mass is 418 g/mol. The Balaban J connectivity index is 0.00000205. The number of rotatable bonds is 7. The summed E-state index contributed by atoms with van der Waals surface area (Å²) < 4.78 is 5.53. The highest BCUT2D eigenvalue weighted by Gasteiger charge is 2.31. The van der Waals surface area contributed by atoms with Gasteiger partial charge in [-0.15, -0.1) is 12.4 Å². The van der Waals surface area contributed by atoms with E-state index in [4.69, 9.17) is 4.52 Å². The third kappa shape index (κ3) is 4.43. The molecule has 2 saturated carbocycles. The van der Waals surface area contributed by atoms with Gasteiger partial charge in [-0.2, -0.15) is 0 Å². The average molecular weight is 419 g/mol. The lowest BCUT2D eigenvalue weighted by Crippen LogP contribution is -2.45. The zero-order valence-electron chi connectivity index (χ0n) is 17.2. The van der Waals surface area contributed by atoms with Gasteiger partial charge in [0.2, 0.25) is 0 Å². The van der Waals surface area contributed by atoms with Gasteiger partial charge in [0.05, 0.1) is 16.6 Å². The Morgan fingerprint density at radius 1 is 1.21 bits per heavy atom. The number of aromatic nitrogens is 2. The fraction of sp³-hybridized carbons (Fsp3) is 0.682. The minimum Gasteiger partial charge on any atom is -0.339 e. The SMILES string of the molecule is CCCc1noc2nc(C3CC3)cc(C(=O)N3CCC(NCC4CC4)CC3)c12.Cl. The van der Waals surface area contributed by atoms with Crippen molar-refractivity contribution < 1.29 is 9.32 Å². The standard InChI is InChI=1S/C22H30N4O2.ClH/c1-2-3-18-20-17(12-19(15-6-7-15)24-21(20)28-25-18)22(27)26-10-8-16(9-11-26)23-13-14-4-5-14;/h12,14-16,23H,2-11,13H2,1H3;1H. The maximum absolute atomic E-state index is 13.5. The Morgan fingerprint density at radius 3 is 2.62 bits per heavy atom. The van der Waals surface area contributed by atoms with Gasteiger partial charge in [-0.05, 0) is 63.5 Å². The molecule has 5 rings (SSSR count). The number of carbonyl (C=O) groups is 1. The molecule has 2 aromatic heterocycles. The van der Waals surface area contributed by atoms with Crippen LogP contribution >= 0.6 is 12.4 Å². The number of hydrogen-bond acceptors (Lipinski definition) is 5. The van der Waals surface area contributed by atoms with Gasteiger partial charge in [-0.3, -0.25) is 4.79 Å². The van der Waals surface area contributed by atoms with Crippen molar-refractivity contribution in [3.8, 4) is 0 Å². The number of amides is 1. The van der Waals surface area contributed by atoms with Crippen molar-refractivity contribution in [2.45, 2.75) is 70.3 Å². The number of nitrogens with one attached hydrogen (secondary N) is 1. The predicted octanol–water partition coefficient (Wildman–Crippen LogP) is 4.08. The number of halogens is 1. The van der Waals surface area contributed by atoms with E-state index in [0.717, 1.165) is 86.4 Å². The van der Waals surface area contributed by atoms with E-state index in [1.165, 1.54) is 12.8 Å². The van der Waals surface area contributed by atoms with Gasteiger partial charge in [0.1, 0.15) is 0 Å². The molecular formula is C22H31ClN4O2. The van der Waals surface area contributed by atoms with Gasteiger partial charge >= 0.3 is 0 Å². The lowest BCUT2D eigenvalue weighted by molar-refractivity contribution is 0.0706. The van der Waals surface area contributed by atoms with Gasteiger partial charge < -0.3 is 14.7 Å². The second-order valence-electron chi connectivity index (χ2n) is 8.85. The summed E-state index contributed by atoms with van der Waals surface area (Å²) in [4.78, 5) is 20.1. The Labute approximate surface area is 178 Å². The highest BCUT2D eigenvalue weighted by Crippen LogP contribution is 2.41. The van der Waals surface area contributed by atoms with Crippen LogP contribution < -0.4 is 5.32 Å². The van der Waals surface area contributed by atoms with Crippen molar-refractivity contribution in [1.82, 2.24) is 20.4 Å². The van der Waals surface area contributed by atoms with E-state index in [0.29, 0.717) is 17.7 Å². The second-order valence-corrected chi connectivity index (χ2v) is 8.85. The molecular weight excluding hydrogens is 388 g/mol. The summed E-state index contributed by atoms with van der Waals surface area (Å²) in [6, 6.07) is 2.58. The summed E-state index contributed by atoms with van der Waals surface area (Å²) in [6.07, 6.45) is 8.92. The first-order valence-electron chi connectivity index (χ1n) is 11.0. The number of likely N-dealkylation sites (tertiary alicyclic amines) is 1. The van der Waals surface area contributed by atoms with Crippen molar-refractivity contribution in [2.24, 2.45) is 5.92 Å². The van der Waals surface area contributed by atoms with E-state index >= 15 is 0 Å². The molecule has 0 aromatic carbocycles. The quantitative estimate of drug-likeness (QED) is 0.733. The first-order valence-corrected chi connectivity index (χ1v) is 11.0. The summed E-state index contributed by atoms with van der Waals surface area (Å²) in [7, 11) is 0. The van der Waals surface area contributed by atoms with Crippen LogP contribution in [0.4, 0.5) is 0 Å². The molecule has 0 unspecified atom stereocenters. The summed E-state index contributed by atoms with van der Waals surface area (Å²) in [6.45, 7) is 4.90. The summed E-state index contributed by atoms with van der Waals surface area (Å²) in [5.41, 5.74) is 3.16. The normalized spacial score (nSPS) is 20.1. The topological polar surface area (TPSA) is 71.3 Å². The first-order chi connectivity index (χ1) is 13.7. The molecule has 3 aliphatic rings. The van der Waals surface area contributed by atoms with E-state index in [9.17, 15) is 4.79 Å². The van der Waals surface area contributed by atoms with E-state index in [1.807, 2.05) is 11.0 Å². The van der Waals surface area contributed by atoms with Gasteiger partial charge in [0, 0.05) is 30.7 Å². The molecule has 0 spiro atoms. The van der Waals surface area contributed by atoms with E-state index in [2.05, 4.69) is 22.4 Å². The number of pyridine rings is 1. The number of hydrogen-bond donors (Lipinski definition) is 1. The van der Waals surface area contributed by atoms with Crippen LogP contribution in [0.2, 0.25) is 0 Å². The van der Waals surface area contributed by atoms with E-state index < -0.39 is 0 Å². The maximum Gasteiger partial charge on any atom is 0.259 e. The fourth-order valence-corrected chi connectivity index (χ4v) is 4.31. The Hall–Kier alpha value is -1.66. The molecule has 0 atom stereocenters. The van der Waals surface area contributed by atoms with E-state index in [-0.39, 0.29) is 18.3 Å². The van der Waals surface area contributed by atoms with Crippen LogP contribution in [0.25, 0.3) is 11.1 Å². The minimum atomic E-state index is 0. The second kappa shape index (κ2) is 8.60. The molecule has 3 heterocycles. The van der Waals surface area contributed by atoms with Crippen molar-refractivity contribution >= 4 is 29.4 Å². The zero-order valence-corrected chi connectivity index (χ0v) is 18.0. The minimum absolute atomic E-state index is 0. The molecule has 2 aromatic rings. The van der Waals surface area contributed by atoms with Crippen LogP contribution in [0.5, 0.6) is 0 Å². The van der Waals surface area contributed by atoms with Crippen LogP contribution in [0.1, 0.15) is 79.5 Å². The lowest BCUT2D eigenvalue weighted by atomic mass is 10.0. The molecule has 2 aliphatic carbocycles. The number of carbonyl (C=O) groups excluding carboxylic acids is 1. The lowest BCUT2D eigenvalue weighted by Gasteiger charge is -2.32. The molecule has 0 bridgehead atoms. The molecule has 1 saturated heterocycles. The summed E-state index contributed by atoms with van der Waals surface area (Å²) in [5, 5.41) is 8.77. The number of fused-ring (bicyclic) bond motifs is 1. The molecule has 1 N–H and O–H groups in total. The smallest absolute Gasteiger partial charge is 0.259 e. The summed E-state index contributed by atoms with van der Waals surface area (Å²) in [5.74, 6) is 1.50. The van der Waals surface area contributed by atoms with Crippen molar-refractivity contribution in [1.29, 1.82) is 0 Å². The van der Waals surface area contributed by atoms with Crippen molar-refractivity contribution in [2.75, 3.05) is 19.6 Å². The van der Waals surface area contributed by atoms with Gasteiger partial charge in [-0.25, -0.2) is 4.98 Å². The highest BCUT2D eigenvalue weighted by atomic mass is 35.5. The van der Waals surface area contributed by atoms with Crippen LogP contribution in [-0.2, 0) is 6.42 Å². The van der Waals surface area contributed by atoms with Crippen molar-refractivity contribution in [3.63, 3.8) is 0 Å². The molecule has 3 fully saturated rings. The van der Waals surface area contributed by atoms with Crippen LogP contribution in [-0.4, -0.2) is 46.6 Å². The fourth-order valence-electron chi connectivity index (χ4n) is 4.31. The molecule has 1 aliphatic heterocycles. The van der Waals surface area contributed by atoms with Crippen molar-refractivity contribution in [3.05, 3.63) is 23.0 Å². The average Bonchev–Trinajstić information content (AvgIpc) is 3.64. The highest BCUT2D eigenvalue weighted by molar-refractivity contribution is 6.06. The van der Waals surface area contributed by atoms with Gasteiger partial charge in [0.15, 0.2) is 0 Å². The molecule has 7 heteroatoms. The Morgan fingerprint density at radius 2 is 1.97 bits per heavy atom. The maximum atomic E-state index is 13.5. The number of nitrogens with zero attached hydrogens (tertiary/aromatic N) is 3. The first kappa shape index (κ1) is 20.6. The third-order valence-corrected chi connectivity index (χ3v) is 6.42. The van der Waals surface area contributed by atoms with E-state index in [1.54, 1.807) is 0 Å². The molecule has 1 amide bonds. The largest absolute Gasteiger partial charge is 0.339 e. The van der Waals surface area contributed by atoms with Gasteiger partial charge in [0.25, 0.3) is 11.6 Å². The number of piperidine rings is 1. The number of aryl methyl sites for hydroxylation is 1. The third-order valence-electron chi connectivity index (χ3n) is 6.42. The zero-order chi connectivity index (χ0) is 19.1. The molecule has 6 nitrogen and oxygen atoms in total. The van der Waals surface area contributed by atoms with Crippen LogP contribution in [0.15, 0.2) is 10.6 Å². The molecule has 158 valence electrons. The van der Waals surface area contributed by atoms with Gasteiger partial charge in [-0.1, -0.05) is 18.5 Å². The summed E-state index contributed by atoms with van der Waals surface area (Å²) >= 11 is 0. The molecule has 0 radical (unpaired) electrons. The Kier molecular flexibility index (Phi) is 6.11. The van der Waals surface area contributed by atoms with Crippen LogP contribution in [0.3, 0.4) is 0 Å². The molecule has 29 heavy (non-hydrogen) atoms. The predicted molar refractivity (Wildman–Crippen MR) is 115 cm³/mol.